The summed E-state index contributed by atoms with van der Waals surface area (Å²) < 4.78 is 2.87. The summed E-state index contributed by atoms with van der Waals surface area (Å²) in [6, 6.07) is 12.3. The Morgan fingerprint density at radius 2 is 1.89 bits per heavy atom. The minimum absolute atomic E-state index is 0.207. The minimum Gasteiger partial charge on any atom is -0.343 e. The molecule has 9 heteroatoms. The molecule has 0 fully saturated rings. The Hall–Kier alpha value is -3.13. The van der Waals surface area contributed by atoms with Gasteiger partial charge in [0.2, 0.25) is 12.8 Å². The van der Waals surface area contributed by atoms with Crippen LogP contribution in [-0.2, 0) is 16.1 Å². The van der Waals surface area contributed by atoms with Gasteiger partial charge in [-0.1, -0.05) is 23.7 Å². The maximum atomic E-state index is 12.2. The number of amides is 2. The fourth-order valence-corrected chi connectivity index (χ4v) is 3.07. The maximum Gasteiger partial charge on any atom is 0.350 e. The van der Waals surface area contributed by atoms with Crippen molar-refractivity contribution < 1.29 is 9.59 Å². The molecule has 0 spiro atoms. The number of fused-ring (bicyclic) bond motifs is 1. The van der Waals surface area contributed by atoms with Crippen molar-refractivity contribution in [3.05, 3.63) is 64.2 Å². The van der Waals surface area contributed by atoms with Gasteiger partial charge in [-0.3, -0.25) is 14.0 Å². The fraction of sp³-hybridized carbons (Fsp3) is 0.263. The number of rotatable bonds is 10. The van der Waals surface area contributed by atoms with Gasteiger partial charge in [-0.05, 0) is 36.8 Å². The molecule has 3 aromatic rings. The molecule has 146 valence electrons. The first-order chi connectivity index (χ1) is 13.6. The lowest BCUT2D eigenvalue weighted by Gasteiger charge is -2.22. The number of carbonyl (C=O) groups excluding carboxylic acids is 2. The van der Waals surface area contributed by atoms with Gasteiger partial charge in [0.25, 0.3) is 0 Å². The van der Waals surface area contributed by atoms with Gasteiger partial charge in [0.15, 0.2) is 5.65 Å². The average Bonchev–Trinajstić information content (AvgIpc) is 3.03. The van der Waals surface area contributed by atoms with E-state index in [0.717, 1.165) is 6.41 Å². The summed E-state index contributed by atoms with van der Waals surface area (Å²) in [6.45, 7) is 1.56. The summed E-state index contributed by atoms with van der Waals surface area (Å²) >= 11 is 5.96. The number of hydrogen-bond acceptors (Lipinski definition) is 4. The number of pyridine rings is 1. The molecular formula is C19H20ClN5O3. The molecule has 2 heterocycles. The molecule has 0 atom stereocenters. The molecule has 0 unspecified atom stereocenters. The minimum atomic E-state index is -0.207. The highest BCUT2D eigenvalue weighted by Gasteiger charge is 2.10. The zero-order valence-electron chi connectivity index (χ0n) is 15.1. The zero-order valence-corrected chi connectivity index (χ0v) is 15.9. The van der Waals surface area contributed by atoms with Crippen molar-refractivity contribution in [2.24, 2.45) is 0 Å². The SMILES string of the molecule is O=CN(CCCn1nc2ccccn2c1=O)CCN(C=O)c1cccc(Cl)c1. The summed E-state index contributed by atoms with van der Waals surface area (Å²) in [7, 11) is 0. The summed E-state index contributed by atoms with van der Waals surface area (Å²) in [5.41, 5.74) is 1.05. The third kappa shape index (κ3) is 4.58. The highest BCUT2D eigenvalue weighted by Crippen LogP contribution is 2.18. The Balaban J connectivity index is 1.54. The molecular weight excluding hydrogens is 382 g/mol. The van der Waals surface area contributed by atoms with Crippen LogP contribution >= 0.6 is 11.6 Å². The Bertz CT molecular complexity index is 1020. The highest BCUT2D eigenvalue weighted by molar-refractivity contribution is 6.30. The zero-order chi connectivity index (χ0) is 19.9. The topological polar surface area (TPSA) is 79.9 Å². The van der Waals surface area contributed by atoms with Gasteiger partial charge < -0.3 is 9.80 Å². The van der Waals surface area contributed by atoms with E-state index in [1.54, 1.807) is 47.5 Å². The van der Waals surface area contributed by atoms with Crippen LogP contribution in [0.25, 0.3) is 5.65 Å². The maximum absolute atomic E-state index is 12.2. The fourth-order valence-electron chi connectivity index (χ4n) is 2.89. The van der Waals surface area contributed by atoms with Crippen LogP contribution in [-0.4, -0.2) is 51.5 Å². The summed E-state index contributed by atoms with van der Waals surface area (Å²) in [5.74, 6) is 0. The molecule has 0 saturated heterocycles. The van der Waals surface area contributed by atoms with Crippen LogP contribution in [0.4, 0.5) is 5.69 Å². The number of carbonyl (C=O) groups is 2. The molecule has 8 nitrogen and oxygen atoms in total. The molecule has 0 radical (unpaired) electrons. The van der Waals surface area contributed by atoms with Crippen LogP contribution in [0.5, 0.6) is 0 Å². The molecule has 3 rings (SSSR count). The van der Waals surface area contributed by atoms with E-state index in [4.69, 9.17) is 11.6 Å². The number of anilines is 1. The normalized spacial score (nSPS) is 10.8. The Morgan fingerprint density at radius 1 is 1.04 bits per heavy atom. The van der Waals surface area contributed by atoms with Crippen molar-refractivity contribution in [1.29, 1.82) is 0 Å². The number of nitrogens with zero attached hydrogens (tertiary/aromatic N) is 5. The van der Waals surface area contributed by atoms with Gasteiger partial charge in [-0.2, -0.15) is 0 Å². The molecule has 0 saturated carbocycles. The van der Waals surface area contributed by atoms with Crippen molar-refractivity contribution in [2.45, 2.75) is 13.0 Å². The van der Waals surface area contributed by atoms with E-state index >= 15 is 0 Å². The van der Waals surface area contributed by atoms with E-state index < -0.39 is 0 Å². The van der Waals surface area contributed by atoms with E-state index in [2.05, 4.69) is 5.10 Å². The molecule has 28 heavy (non-hydrogen) atoms. The van der Waals surface area contributed by atoms with Crippen LogP contribution in [0.1, 0.15) is 6.42 Å². The highest BCUT2D eigenvalue weighted by atomic mass is 35.5. The monoisotopic (exact) mass is 401 g/mol. The molecule has 2 aromatic heterocycles. The van der Waals surface area contributed by atoms with Crippen LogP contribution in [0.3, 0.4) is 0 Å². The smallest absolute Gasteiger partial charge is 0.343 e. The van der Waals surface area contributed by atoms with Gasteiger partial charge in [0.1, 0.15) is 0 Å². The second kappa shape index (κ2) is 9.18. The Kier molecular flexibility index (Phi) is 6.44. The molecule has 0 bridgehead atoms. The van der Waals surface area contributed by atoms with Gasteiger partial charge in [-0.25, -0.2) is 9.48 Å². The number of aromatic nitrogens is 3. The lowest BCUT2D eigenvalue weighted by molar-refractivity contribution is -0.118. The Morgan fingerprint density at radius 3 is 2.61 bits per heavy atom. The van der Waals surface area contributed by atoms with Crippen molar-refractivity contribution in [3.8, 4) is 0 Å². The Labute approximate surface area is 166 Å². The quantitative estimate of drug-likeness (QED) is 0.484. The van der Waals surface area contributed by atoms with E-state index in [0.29, 0.717) is 55.4 Å². The summed E-state index contributed by atoms with van der Waals surface area (Å²) in [6.07, 6.45) is 3.70. The molecule has 2 amide bonds. The van der Waals surface area contributed by atoms with E-state index in [-0.39, 0.29) is 5.69 Å². The number of aryl methyl sites for hydroxylation is 1. The number of halogens is 1. The standard InChI is InChI=1S/C19H20ClN5O3/c20-16-5-3-6-17(13-16)23(15-27)12-11-22(14-26)8-4-10-25-19(28)24-9-2-1-7-18(24)21-25/h1-3,5-7,9,13-15H,4,8,10-12H2. The lowest BCUT2D eigenvalue weighted by Crippen LogP contribution is -2.35. The van der Waals surface area contributed by atoms with Gasteiger partial charge in [0, 0.05) is 43.1 Å². The first-order valence-corrected chi connectivity index (χ1v) is 9.21. The third-order valence-corrected chi connectivity index (χ3v) is 4.58. The first kappa shape index (κ1) is 19.6. The average molecular weight is 402 g/mol. The second-order valence-electron chi connectivity index (χ2n) is 6.21. The molecule has 0 aliphatic carbocycles. The third-order valence-electron chi connectivity index (χ3n) is 4.35. The van der Waals surface area contributed by atoms with E-state index in [1.807, 2.05) is 6.07 Å². The largest absolute Gasteiger partial charge is 0.350 e. The molecule has 0 aliphatic heterocycles. The molecule has 1 aromatic carbocycles. The first-order valence-electron chi connectivity index (χ1n) is 8.83. The van der Waals surface area contributed by atoms with Gasteiger partial charge in [-0.15, -0.1) is 5.10 Å². The number of benzene rings is 1. The second-order valence-corrected chi connectivity index (χ2v) is 6.64. The summed E-state index contributed by atoms with van der Waals surface area (Å²) in [4.78, 5) is 38.0. The molecule has 0 N–H and O–H groups in total. The van der Waals surface area contributed by atoms with Crippen LogP contribution in [0, 0.1) is 0 Å². The van der Waals surface area contributed by atoms with E-state index in [9.17, 15) is 14.4 Å². The predicted octanol–water partition coefficient (Wildman–Crippen LogP) is 1.66. The van der Waals surface area contributed by atoms with Gasteiger partial charge >= 0.3 is 5.69 Å². The van der Waals surface area contributed by atoms with Gasteiger partial charge in [0.05, 0.1) is 0 Å². The van der Waals surface area contributed by atoms with E-state index in [1.165, 1.54) is 14.0 Å². The van der Waals surface area contributed by atoms with Crippen molar-refractivity contribution in [3.63, 3.8) is 0 Å². The van der Waals surface area contributed by atoms with Crippen LogP contribution in [0.15, 0.2) is 53.5 Å². The van der Waals surface area contributed by atoms with Crippen LogP contribution in [0.2, 0.25) is 5.02 Å². The lowest BCUT2D eigenvalue weighted by atomic mass is 10.3. The van der Waals surface area contributed by atoms with Crippen molar-refractivity contribution in [2.75, 3.05) is 24.5 Å². The van der Waals surface area contributed by atoms with Crippen molar-refractivity contribution in [1.82, 2.24) is 19.1 Å². The summed E-state index contributed by atoms with van der Waals surface area (Å²) in [5, 5.41) is 4.80. The molecule has 0 aliphatic rings. The number of hydrogen-bond donors (Lipinski definition) is 0. The van der Waals surface area contributed by atoms with Crippen LogP contribution < -0.4 is 10.6 Å². The van der Waals surface area contributed by atoms with Crippen molar-refractivity contribution >= 4 is 35.8 Å². The predicted molar refractivity (Wildman–Crippen MR) is 107 cm³/mol.